The molecule has 0 aliphatic heterocycles. The van der Waals surface area contributed by atoms with Crippen LogP contribution in [0.4, 0.5) is 0 Å². The molecule has 0 N–H and O–H groups in total. The standard InChI is InChI=1S/C18H18N6O/c1-13-18(14-9-21-24(11-14)7-8-25-2)15(3-4-20-13)16-12-23-6-5-19-10-17(23)22-16/h3-6,9-12H,7-8H2,1-2H3. The molecule has 0 amide bonds. The fourth-order valence-electron chi connectivity index (χ4n) is 2.92. The lowest BCUT2D eigenvalue weighted by molar-refractivity contribution is 0.183. The van der Waals surface area contributed by atoms with Crippen LogP contribution in [-0.2, 0) is 11.3 Å². The summed E-state index contributed by atoms with van der Waals surface area (Å²) in [6.07, 6.45) is 13.1. The zero-order valence-electron chi connectivity index (χ0n) is 14.1. The van der Waals surface area contributed by atoms with Gasteiger partial charge in [0.05, 0.1) is 31.2 Å². The van der Waals surface area contributed by atoms with E-state index in [-0.39, 0.29) is 0 Å². The average molecular weight is 334 g/mol. The van der Waals surface area contributed by atoms with Gasteiger partial charge in [-0.05, 0) is 13.0 Å². The van der Waals surface area contributed by atoms with E-state index in [9.17, 15) is 0 Å². The number of pyridine rings is 1. The molecule has 0 spiro atoms. The third kappa shape index (κ3) is 2.89. The van der Waals surface area contributed by atoms with Crippen LogP contribution in [-0.4, -0.2) is 42.8 Å². The highest BCUT2D eigenvalue weighted by molar-refractivity contribution is 5.83. The molecule has 0 radical (unpaired) electrons. The highest BCUT2D eigenvalue weighted by Gasteiger charge is 2.15. The molecule has 4 rings (SSSR count). The molecule has 0 bridgehead atoms. The van der Waals surface area contributed by atoms with E-state index in [1.165, 1.54) is 0 Å². The van der Waals surface area contributed by atoms with E-state index in [0.717, 1.165) is 33.7 Å². The van der Waals surface area contributed by atoms with Crippen LogP contribution in [0.3, 0.4) is 0 Å². The van der Waals surface area contributed by atoms with Gasteiger partial charge in [-0.2, -0.15) is 5.10 Å². The second-order valence-corrected chi connectivity index (χ2v) is 5.77. The maximum atomic E-state index is 5.12. The van der Waals surface area contributed by atoms with Crippen LogP contribution in [0.25, 0.3) is 28.0 Å². The molecular formula is C18H18N6O. The van der Waals surface area contributed by atoms with E-state index in [1.807, 2.05) is 53.1 Å². The van der Waals surface area contributed by atoms with Gasteiger partial charge in [0, 0.05) is 60.5 Å². The molecule has 7 nitrogen and oxygen atoms in total. The van der Waals surface area contributed by atoms with Crippen LogP contribution in [0.15, 0.2) is 49.4 Å². The largest absolute Gasteiger partial charge is 0.383 e. The molecule has 0 atom stereocenters. The number of aryl methyl sites for hydroxylation is 1. The van der Waals surface area contributed by atoms with Gasteiger partial charge in [-0.1, -0.05) is 0 Å². The van der Waals surface area contributed by atoms with Crippen LogP contribution in [0.5, 0.6) is 0 Å². The van der Waals surface area contributed by atoms with Crippen molar-refractivity contribution in [2.45, 2.75) is 13.5 Å². The third-order valence-electron chi connectivity index (χ3n) is 4.13. The molecule has 4 aromatic rings. The summed E-state index contributed by atoms with van der Waals surface area (Å²) in [6.45, 7) is 3.34. The normalized spacial score (nSPS) is 11.3. The smallest absolute Gasteiger partial charge is 0.155 e. The van der Waals surface area contributed by atoms with E-state index in [2.05, 4.69) is 15.1 Å². The van der Waals surface area contributed by atoms with Crippen LogP contribution in [0.2, 0.25) is 0 Å². The van der Waals surface area contributed by atoms with Gasteiger partial charge < -0.3 is 9.14 Å². The zero-order chi connectivity index (χ0) is 17.2. The Hall–Kier alpha value is -3.06. The Morgan fingerprint density at radius 2 is 2.08 bits per heavy atom. The molecule has 0 aliphatic carbocycles. The Morgan fingerprint density at radius 3 is 2.92 bits per heavy atom. The number of hydrogen-bond donors (Lipinski definition) is 0. The number of methoxy groups -OCH3 is 1. The van der Waals surface area contributed by atoms with E-state index in [4.69, 9.17) is 9.72 Å². The Labute approximate surface area is 145 Å². The van der Waals surface area contributed by atoms with Gasteiger partial charge in [0.15, 0.2) is 5.65 Å². The number of aromatic nitrogens is 6. The fourth-order valence-corrected chi connectivity index (χ4v) is 2.92. The molecule has 4 aromatic heterocycles. The van der Waals surface area contributed by atoms with Crippen LogP contribution in [0.1, 0.15) is 5.69 Å². The van der Waals surface area contributed by atoms with Gasteiger partial charge in [0.1, 0.15) is 0 Å². The number of imidazole rings is 1. The number of ether oxygens (including phenoxy) is 1. The van der Waals surface area contributed by atoms with Gasteiger partial charge in [-0.3, -0.25) is 14.6 Å². The molecule has 4 heterocycles. The molecule has 7 heteroatoms. The van der Waals surface area contributed by atoms with Crippen LogP contribution < -0.4 is 0 Å². The summed E-state index contributed by atoms with van der Waals surface area (Å²) in [5, 5.41) is 4.42. The molecule has 0 unspecified atom stereocenters. The first kappa shape index (κ1) is 15.5. The molecule has 0 aromatic carbocycles. The van der Waals surface area contributed by atoms with Crippen molar-refractivity contribution in [2.75, 3.05) is 13.7 Å². The highest BCUT2D eigenvalue weighted by atomic mass is 16.5. The molecule has 126 valence electrons. The summed E-state index contributed by atoms with van der Waals surface area (Å²) in [7, 11) is 1.69. The minimum absolute atomic E-state index is 0.624. The molecule has 0 fully saturated rings. The maximum Gasteiger partial charge on any atom is 0.155 e. The van der Waals surface area contributed by atoms with E-state index >= 15 is 0 Å². The number of hydrogen-bond acceptors (Lipinski definition) is 5. The molecule has 25 heavy (non-hydrogen) atoms. The maximum absolute atomic E-state index is 5.12. The van der Waals surface area contributed by atoms with Crippen LogP contribution in [0, 0.1) is 6.92 Å². The Balaban J connectivity index is 1.81. The average Bonchev–Trinajstić information content (AvgIpc) is 3.26. The van der Waals surface area contributed by atoms with Gasteiger partial charge in [-0.25, -0.2) is 4.98 Å². The molecule has 0 saturated carbocycles. The van der Waals surface area contributed by atoms with Crippen molar-refractivity contribution >= 4 is 5.65 Å². The topological polar surface area (TPSA) is 70.1 Å². The van der Waals surface area contributed by atoms with Gasteiger partial charge in [0.2, 0.25) is 0 Å². The minimum Gasteiger partial charge on any atom is -0.383 e. The van der Waals surface area contributed by atoms with Crippen LogP contribution >= 0.6 is 0 Å². The van der Waals surface area contributed by atoms with Crippen molar-refractivity contribution in [3.63, 3.8) is 0 Å². The third-order valence-corrected chi connectivity index (χ3v) is 4.13. The number of nitrogens with zero attached hydrogens (tertiary/aromatic N) is 6. The van der Waals surface area contributed by atoms with Crippen molar-refractivity contribution < 1.29 is 4.74 Å². The lowest BCUT2D eigenvalue weighted by atomic mass is 10.00. The minimum atomic E-state index is 0.624. The summed E-state index contributed by atoms with van der Waals surface area (Å²) in [5.74, 6) is 0. The van der Waals surface area contributed by atoms with Crippen molar-refractivity contribution in [2.24, 2.45) is 0 Å². The van der Waals surface area contributed by atoms with Gasteiger partial charge >= 0.3 is 0 Å². The van der Waals surface area contributed by atoms with Crippen molar-refractivity contribution in [1.82, 2.24) is 29.1 Å². The molecule has 0 saturated heterocycles. The van der Waals surface area contributed by atoms with Crippen molar-refractivity contribution in [1.29, 1.82) is 0 Å². The highest BCUT2D eigenvalue weighted by Crippen LogP contribution is 2.33. The summed E-state index contributed by atoms with van der Waals surface area (Å²) < 4.78 is 8.96. The Bertz CT molecular complexity index is 986. The second kappa shape index (κ2) is 6.45. The van der Waals surface area contributed by atoms with E-state index in [0.29, 0.717) is 13.2 Å². The first-order valence-electron chi connectivity index (χ1n) is 8.03. The first-order chi connectivity index (χ1) is 12.3. The van der Waals surface area contributed by atoms with E-state index in [1.54, 1.807) is 19.5 Å². The SMILES string of the molecule is COCCn1cc(-c2c(-c3cn4ccncc4n3)ccnc2C)cn1. The molecule has 0 aliphatic rings. The quantitative estimate of drug-likeness (QED) is 0.561. The van der Waals surface area contributed by atoms with Crippen molar-refractivity contribution in [3.8, 4) is 22.4 Å². The number of fused-ring (bicyclic) bond motifs is 1. The second-order valence-electron chi connectivity index (χ2n) is 5.77. The lowest BCUT2D eigenvalue weighted by Crippen LogP contribution is -2.03. The number of rotatable bonds is 5. The Kier molecular flexibility index (Phi) is 3.99. The Morgan fingerprint density at radius 1 is 1.16 bits per heavy atom. The van der Waals surface area contributed by atoms with E-state index < -0.39 is 0 Å². The summed E-state index contributed by atoms with van der Waals surface area (Å²) in [6, 6.07) is 1.99. The van der Waals surface area contributed by atoms with Crippen molar-refractivity contribution in [3.05, 3.63) is 55.1 Å². The summed E-state index contributed by atoms with van der Waals surface area (Å²) in [5.41, 5.74) is 5.74. The first-order valence-corrected chi connectivity index (χ1v) is 8.03. The molecular weight excluding hydrogens is 316 g/mol. The zero-order valence-corrected chi connectivity index (χ0v) is 14.1. The lowest BCUT2D eigenvalue weighted by Gasteiger charge is -2.08. The van der Waals surface area contributed by atoms with Gasteiger partial charge in [-0.15, -0.1) is 0 Å². The van der Waals surface area contributed by atoms with Gasteiger partial charge in [0.25, 0.3) is 0 Å². The summed E-state index contributed by atoms with van der Waals surface area (Å²) in [4.78, 5) is 13.3. The summed E-state index contributed by atoms with van der Waals surface area (Å²) >= 11 is 0. The predicted molar refractivity (Wildman–Crippen MR) is 94.1 cm³/mol. The monoisotopic (exact) mass is 334 g/mol. The predicted octanol–water partition coefficient (Wildman–Crippen LogP) is 2.61. The fraction of sp³-hybridized carbons (Fsp3) is 0.222.